The molecule has 1 atom stereocenters. The Hall–Kier alpha value is -2.38. The van der Waals surface area contributed by atoms with Gasteiger partial charge in [0.1, 0.15) is 11.5 Å². The molecule has 2 aromatic heterocycles. The molecule has 0 spiro atoms. The summed E-state index contributed by atoms with van der Waals surface area (Å²) in [6, 6.07) is 6.78. The van der Waals surface area contributed by atoms with Crippen LogP contribution in [0.4, 0.5) is 0 Å². The number of amides is 1. The van der Waals surface area contributed by atoms with Crippen molar-refractivity contribution in [3.8, 4) is 0 Å². The lowest BCUT2D eigenvalue weighted by Crippen LogP contribution is -2.43. The molecule has 0 bridgehead atoms. The second-order valence-corrected chi connectivity index (χ2v) is 6.19. The molecule has 1 saturated heterocycles. The highest BCUT2D eigenvalue weighted by molar-refractivity contribution is 5.93. The predicted octanol–water partition coefficient (Wildman–Crippen LogP) is 1.09. The van der Waals surface area contributed by atoms with Crippen molar-refractivity contribution >= 4 is 5.91 Å². The smallest absolute Gasteiger partial charge is 0.251 e. The van der Waals surface area contributed by atoms with Crippen molar-refractivity contribution in [2.75, 3.05) is 32.8 Å². The largest absolute Gasteiger partial charge is 0.465 e. The summed E-state index contributed by atoms with van der Waals surface area (Å²) in [6.45, 7) is 5.20. The number of hydrogen-bond donors (Lipinski definition) is 1. The quantitative estimate of drug-likeness (QED) is 0.878. The van der Waals surface area contributed by atoms with Crippen LogP contribution in [0.25, 0.3) is 0 Å². The number of pyridine rings is 1. The van der Waals surface area contributed by atoms with E-state index in [4.69, 9.17) is 9.15 Å². The van der Waals surface area contributed by atoms with Crippen molar-refractivity contribution < 1.29 is 13.9 Å². The van der Waals surface area contributed by atoms with E-state index in [9.17, 15) is 9.59 Å². The Kier molecular flexibility index (Phi) is 5.35. The van der Waals surface area contributed by atoms with Crippen molar-refractivity contribution in [1.82, 2.24) is 14.8 Å². The summed E-state index contributed by atoms with van der Waals surface area (Å²) in [5.74, 6) is 1.40. The van der Waals surface area contributed by atoms with Crippen LogP contribution in [0, 0.1) is 6.92 Å². The third-order valence-corrected chi connectivity index (χ3v) is 4.40. The predicted molar refractivity (Wildman–Crippen MR) is 92.6 cm³/mol. The van der Waals surface area contributed by atoms with Crippen molar-refractivity contribution in [1.29, 1.82) is 0 Å². The van der Waals surface area contributed by atoms with E-state index in [1.165, 1.54) is 10.6 Å². The molecule has 7 nitrogen and oxygen atoms in total. The molecule has 134 valence electrons. The summed E-state index contributed by atoms with van der Waals surface area (Å²) in [7, 11) is 1.65. The van der Waals surface area contributed by atoms with Gasteiger partial charge in [-0.1, -0.05) is 0 Å². The van der Waals surface area contributed by atoms with Gasteiger partial charge < -0.3 is 19.0 Å². The normalized spacial score (nSPS) is 16.6. The Morgan fingerprint density at radius 2 is 2.04 bits per heavy atom. The second-order valence-electron chi connectivity index (χ2n) is 6.19. The summed E-state index contributed by atoms with van der Waals surface area (Å²) in [5, 5.41) is 2.92. The van der Waals surface area contributed by atoms with Crippen LogP contribution < -0.4 is 10.9 Å². The van der Waals surface area contributed by atoms with Crippen LogP contribution in [0.2, 0.25) is 0 Å². The number of aryl methyl sites for hydroxylation is 2. The van der Waals surface area contributed by atoms with Crippen molar-refractivity contribution in [2.24, 2.45) is 7.05 Å². The highest BCUT2D eigenvalue weighted by Gasteiger charge is 2.25. The van der Waals surface area contributed by atoms with E-state index >= 15 is 0 Å². The molecule has 1 N–H and O–H groups in total. The number of nitrogens with one attached hydrogen (secondary N) is 1. The topological polar surface area (TPSA) is 76.7 Å². The molecule has 3 rings (SSSR count). The van der Waals surface area contributed by atoms with Crippen LogP contribution >= 0.6 is 0 Å². The Labute approximate surface area is 146 Å². The maximum absolute atomic E-state index is 12.4. The molecule has 1 aliphatic rings. The first kappa shape index (κ1) is 17.4. The van der Waals surface area contributed by atoms with Crippen molar-refractivity contribution in [3.05, 3.63) is 57.9 Å². The van der Waals surface area contributed by atoms with Crippen LogP contribution in [0.3, 0.4) is 0 Å². The molecular formula is C18H23N3O4. The third kappa shape index (κ3) is 4.18. The summed E-state index contributed by atoms with van der Waals surface area (Å²) < 4.78 is 12.6. The fourth-order valence-corrected chi connectivity index (χ4v) is 2.91. The van der Waals surface area contributed by atoms with Gasteiger partial charge in [-0.2, -0.15) is 0 Å². The van der Waals surface area contributed by atoms with Crippen LogP contribution in [-0.4, -0.2) is 48.2 Å². The molecule has 2 aromatic rings. The zero-order valence-electron chi connectivity index (χ0n) is 14.5. The molecular weight excluding hydrogens is 322 g/mol. The Morgan fingerprint density at radius 1 is 1.28 bits per heavy atom. The minimum Gasteiger partial charge on any atom is -0.465 e. The number of hydrogen-bond acceptors (Lipinski definition) is 5. The molecule has 7 heteroatoms. The lowest BCUT2D eigenvalue weighted by molar-refractivity contribution is 0.0117. The van der Waals surface area contributed by atoms with E-state index in [0.717, 1.165) is 24.6 Å². The number of nitrogens with zero attached hydrogens (tertiary/aromatic N) is 2. The number of carbonyl (C=O) groups is 1. The first-order chi connectivity index (χ1) is 12.0. The van der Waals surface area contributed by atoms with Crippen LogP contribution in [-0.2, 0) is 11.8 Å². The van der Waals surface area contributed by atoms with Gasteiger partial charge in [0.25, 0.3) is 11.5 Å². The number of aromatic nitrogens is 1. The molecule has 25 heavy (non-hydrogen) atoms. The van der Waals surface area contributed by atoms with Gasteiger partial charge in [0.15, 0.2) is 0 Å². The molecule has 1 amide bonds. The van der Waals surface area contributed by atoms with Crippen LogP contribution in [0.15, 0.2) is 39.7 Å². The van der Waals surface area contributed by atoms with E-state index in [1.807, 2.05) is 19.1 Å². The maximum Gasteiger partial charge on any atom is 0.251 e. The number of furan rings is 1. The highest BCUT2D eigenvalue weighted by Crippen LogP contribution is 2.23. The molecule has 1 fully saturated rings. The number of carbonyl (C=O) groups excluding carboxylic acids is 1. The van der Waals surface area contributed by atoms with Crippen LogP contribution in [0.5, 0.6) is 0 Å². The second kappa shape index (κ2) is 7.67. The van der Waals surface area contributed by atoms with E-state index in [0.29, 0.717) is 25.3 Å². The highest BCUT2D eigenvalue weighted by atomic mass is 16.5. The molecule has 1 aliphatic heterocycles. The minimum absolute atomic E-state index is 0.0619. The first-order valence-electron chi connectivity index (χ1n) is 8.37. The third-order valence-electron chi connectivity index (χ3n) is 4.40. The summed E-state index contributed by atoms with van der Waals surface area (Å²) in [5.41, 5.74) is 0.151. The molecule has 0 aliphatic carbocycles. The van der Waals surface area contributed by atoms with Gasteiger partial charge >= 0.3 is 0 Å². The van der Waals surface area contributed by atoms with Gasteiger partial charge in [-0.25, -0.2) is 0 Å². The van der Waals surface area contributed by atoms with Gasteiger partial charge in [-0.15, -0.1) is 0 Å². The monoisotopic (exact) mass is 345 g/mol. The van der Waals surface area contributed by atoms with E-state index in [2.05, 4.69) is 10.2 Å². The SMILES string of the molecule is Cc1ccc([C@H](CNC(=O)c2ccn(C)c(=O)c2)N2CCOCC2)o1. The van der Waals surface area contributed by atoms with Gasteiger partial charge in [0.2, 0.25) is 0 Å². The summed E-state index contributed by atoms with van der Waals surface area (Å²) in [6.07, 6.45) is 1.59. The Bertz CT molecular complexity index is 790. The molecule has 0 radical (unpaired) electrons. The van der Waals surface area contributed by atoms with Crippen molar-refractivity contribution in [2.45, 2.75) is 13.0 Å². The van der Waals surface area contributed by atoms with E-state index < -0.39 is 0 Å². The standard InChI is InChI=1S/C18H23N3O4/c1-13-3-4-16(25-13)15(21-7-9-24-10-8-21)12-19-18(23)14-5-6-20(2)17(22)11-14/h3-6,11,15H,7-10,12H2,1-2H3,(H,19,23)/t15-/m0/s1. The lowest BCUT2D eigenvalue weighted by atomic mass is 10.1. The Balaban J connectivity index is 1.72. The number of ether oxygens (including phenoxy) is 1. The number of rotatable bonds is 5. The minimum atomic E-state index is -0.265. The van der Waals surface area contributed by atoms with E-state index in [1.54, 1.807) is 19.3 Å². The van der Waals surface area contributed by atoms with E-state index in [-0.39, 0.29) is 17.5 Å². The maximum atomic E-state index is 12.4. The van der Waals surface area contributed by atoms with Crippen molar-refractivity contribution in [3.63, 3.8) is 0 Å². The number of morpholine rings is 1. The molecule has 3 heterocycles. The van der Waals surface area contributed by atoms with Gasteiger partial charge in [-0.05, 0) is 25.1 Å². The zero-order valence-corrected chi connectivity index (χ0v) is 14.5. The molecule has 0 unspecified atom stereocenters. The zero-order chi connectivity index (χ0) is 17.8. The van der Waals surface area contributed by atoms with Gasteiger partial charge in [0.05, 0.1) is 19.3 Å². The summed E-state index contributed by atoms with van der Waals surface area (Å²) in [4.78, 5) is 26.3. The average molecular weight is 345 g/mol. The fourth-order valence-electron chi connectivity index (χ4n) is 2.91. The lowest BCUT2D eigenvalue weighted by Gasteiger charge is -2.33. The van der Waals surface area contributed by atoms with Gasteiger partial charge in [-0.3, -0.25) is 14.5 Å². The van der Waals surface area contributed by atoms with Gasteiger partial charge in [0, 0.05) is 44.5 Å². The molecule has 0 aromatic carbocycles. The molecule has 0 saturated carbocycles. The van der Waals surface area contributed by atoms with Crippen LogP contribution in [0.1, 0.15) is 27.9 Å². The Morgan fingerprint density at radius 3 is 2.68 bits per heavy atom. The fraction of sp³-hybridized carbons (Fsp3) is 0.444. The first-order valence-corrected chi connectivity index (χ1v) is 8.37. The average Bonchev–Trinajstić information content (AvgIpc) is 3.04. The summed E-state index contributed by atoms with van der Waals surface area (Å²) >= 11 is 0.